The van der Waals surface area contributed by atoms with Crippen molar-refractivity contribution in [3.8, 4) is 0 Å². The number of methoxy groups -OCH3 is 1. The molecule has 0 bridgehead atoms. The van der Waals surface area contributed by atoms with Crippen LogP contribution in [0.3, 0.4) is 0 Å². The number of rotatable bonds is 9. The second kappa shape index (κ2) is 11.7. The van der Waals surface area contributed by atoms with Gasteiger partial charge in [-0.1, -0.05) is 0 Å². The zero-order valence-corrected chi connectivity index (χ0v) is 25.5. The number of hydrogen-bond donors (Lipinski definition) is 0. The van der Waals surface area contributed by atoms with Gasteiger partial charge in [0.2, 0.25) is 0 Å². The third-order valence-electron chi connectivity index (χ3n) is 7.91. The number of sulfone groups is 1. The number of carbonyl (C=O) groups is 1. The average molecular weight is 600 g/mol. The molecule has 3 aromatic carbocycles. The molecule has 4 nitrogen and oxygen atoms in total. The van der Waals surface area contributed by atoms with E-state index >= 15 is 0 Å². The van der Waals surface area contributed by atoms with E-state index < -0.39 is 17.9 Å². The van der Waals surface area contributed by atoms with Gasteiger partial charge in [-0.05, 0) is 0 Å². The molecule has 0 unspecified atom stereocenters. The summed E-state index contributed by atoms with van der Waals surface area (Å²) in [6.45, 7) is 6.63. The second-order valence-corrected chi connectivity index (χ2v) is 19.6. The molecule has 3 aromatic rings. The number of carbonyl (C=O) groups excluding carboxylic acids is 1. The Morgan fingerprint density at radius 1 is 0.946 bits per heavy atom. The van der Waals surface area contributed by atoms with Crippen LogP contribution in [0, 0.1) is 24.7 Å². The predicted octanol–water partition coefficient (Wildman–Crippen LogP) is 4.63. The van der Waals surface area contributed by atoms with Crippen molar-refractivity contribution < 1.29 is 17.9 Å². The number of esters is 1. The molecule has 0 radical (unpaired) electrons. The Balaban J connectivity index is 1.73. The predicted molar refractivity (Wildman–Crippen MR) is 154 cm³/mol. The van der Waals surface area contributed by atoms with Crippen molar-refractivity contribution in [3.63, 3.8) is 0 Å². The van der Waals surface area contributed by atoms with E-state index in [4.69, 9.17) is 4.74 Å². The first-order chi connectivity index (χ1) is 17.6. The zero-order chi connectivity index (χ0) is 26.6. The molecule has 0 aromatic heterocycles. The first-order valence-corrected chi connectivity index (χ1v) is 19.5. The Labute approximate surface area is 228 Å². The Morgan fingerprint density at radius 2 is 1.54 bits per heavy atom. The summed E-state index contributed by atoms with van der Waals surface area (Å²) in [6, 6.07) is 28.1. The van der Waals surface area contributed by atoms with Crippen LogP contribution in [0.25, 0.3) is 0 Å². The SMILES string of the molecule is COC(=O)[C@@H]1C[C@H](CS(=O)(=O)c2ccc(C)cc2)[C@H](C[Se]c2ccccc2)[C@H]1[Si](C)(C)c1ccccc1. The molecule has 1 saturated carbocycles. The molecule has 4 atom stereocenters. The van der Waals surface area contributed by atoms with Crippen LogP contribution in [0.5, 0.6) is 0 Å². The van der Waals surface area contributed by atoms with Crippen molar-refractivity contribution in [1.29, 1.82) is 0 Å². The van der Waals surface area contributed by atoms with Crippen LogP contribution >= 0.6 is 0 Å². The molecule has 0 N–H and O–H groups in total. The number of ether oxygens (including phenoxy) is 1. The molecular weight excluding hydrogens is 563 g/mol. The molecule has 4 rings (SSSR count). The zero-order valence-electron chi connectivity index (χ0n) is 22.0. The van der Waals surface area contributed by atoms with Crippen LogP contribution in [0.15, 0.2) is 89.8 Å². The van der Waals surface area contributed by atoms with Gasteiger partial charge >= 0.3 is 230 Å². The fourth-order valence-electron chi connectivity index (χ4n) is 6.00. The fraction of sp³-hybridized carbons (Fsp3) is 0.367. The molecule has 0 spiro atoms. The summed E-state index contributed by atoms with van der Waals surface area (Å²) in [4.78, 5) is 13.6. The topological polar surface area (TPSA) is 60.4 Å². The van der Waals surface area contributed by atoms with Gasteiger partial charge in [-0.25, -0.2) is 0 Å². The van der Waals surface area contributed by atoms with Crippen molar-refractivity contribution >= 4 is 48.5 Å². The van der Waals surface area contributed by atoms with Crippen LogP contribution in [-0.2, 0) is 19.4 Å². The first kappa shape index (κ1) is 27.8. The van der Waals surface area contributed by atoms with Crippen LogP contribution in [0.1, 0.15) is 12.0 Å². The normalized spacial score (nSPS) is 22.1. The third kappa shape index (κ3) is 6.28. The van der Waals surface area contributed by atoms with Crippen molar-refractivity contribution in [2.75, 3.05) is 12.9 Å². The Hall–Kier alpha value is -2.18. The van der Waals surface area contributed by atoms with E-state index in [9.17, 15) is 13.2 Å². The van der Waals surface area contributed by atoms with Crippen LogP contribution < -0.4 is 9.65 Å². The molecule has 0 aliphatic heterocycles. The van der Waals surface area contributed by atoms with Crippen LogP contribution in [-0.4, -0.2) is 50.3 Å². The summed E-state index contributed by atoms with van der Waals surface area (Å²) in [6.07, 6.45) is 0.557. The maximum atomic E-state index is 13.6. The molecular formula is C30H36O4SSeSi. The van der Waals surface area contributed by atoms with Gasteiger partial charge in [0.25, 0.3) is 0 Å². The van der Waals surface area contributed by atoms with Gasteiger partial charge in [0, 0.05) is 0 Å². The van der Waals surface area contributed by atoms with Crippen molar-refractivity contribution in [2.45, 2.75) is 42.2 Å². The van der Waals surface area contributed by atoms with E-state index in [1.807, 2.05) is 31.2 Å². The molecule has 7 heteroatoms. The van der Waals surface area contributed by atoms with Crippen LogP contribution in [0.2, 0.25) is 24.0 Å². The molecule has 0 amide bonds. The van der Waals surface area contributed by atoms with Gasteiger partial charge in [0.05, 0.1) is 0 Å². The second-order valence-electron chi connectivity index (χ2n) is 10.6. The summed E-state index contributed by atoms with van der Waals surface area (Å²) in [5.41, 5.74) is 1.14. The van der Waals surface area contributed by atoms with Gasteiger partial charge in [0.15, 0.2) is 0 Å². The van der Waals surface area contributed by atoms with Crippen molar-refractivity contribution in [1.82, 2.24) is 0 Å². The molecule has 1 aliphatic rings. The Bertz CT molecular complexity index is 1290. The monoisotopic (exact) mass is 600 g/mol. The number of hydrogen-bond acceptors (Lipinski definition) is 4. The maximum absolute atomic E-state index is 13.6. The Morgan fingerprint density at radius 3 is 2.14 bits per heavy atom. The van der Waals surface area contributed by atoms with Crippen LogP contribution in [0.4, 0.5) is 0 Å². The molecule has 196 valence electrons. The molecule has 1 fully saturated rings. The number of aryl methyl sites for hydroxylation is 1. The quantitative estimate of drug-likeness (QED) is 0.266. The molecule has 0 saturated heterocycles. The Kier molecular flexibility index (Phi) is 8.80. The molecule has 1 aliphatic carbocycles. The fourth-order valence-corrected chi connectivity index (χ4v) is 14.8. The summed E-state index contributed by atoms with van der Waals surface area (Å²) >= 11 is 0.183. The van der Waals surface area contributed by atoms with E-state index in [2.05, 4.69) is 61.6 Å². The average Bonchev–Trinajstić information content (AvgIpc) is 3.26. The van der Waals surface area contributed by atoms with Gasteiger partial charge < -0.3 is 0 Å². The van der Waals surface area contributed by atoms with E-state index in [0.717, 1.165) is 10.9 Å². The van der Waals surface area contributed by atoms with Gasteiger partial charge in [-0.15, -0.1) is 0 Å². The molecule has 37 heavy (non-hydrogen) atoms. The third-order valence-corrected chi connectivity index (χ3v) is 16.5. The summed E-state index contributed by atoms with van der Waals surface area (Å²) in [5, 5.41) is 2.21. The van der Waals surface area contributed by atoms with E-state index in [1.54, 1.807) is 12.1 Å². The standard InChI is InChI=1S/C30H36O4SSeSi/c1-22-15-17-24(18-16-22)35(32,33)20-23-19-27(30(31)34-2)29(37(3,4)26-13-9-6-10-14-26)28(23)21-36-25-11-7-5-8-12-25/h5-18,23,27-29H,19-21H2,1-4H3/t23-,27-,28+,29+/m1/s1. The summed E-state index contributed by atoms with van der Waals surface area (Å²) in [5.74, 6) is -0.391. The summed E-state index contributed by atoms with van der Waals surface area (Å²) < 4.78 is 33.8. The number of benzene rings is 3. The van der Waals surface area contributed by atoms with Gasteiger partial charge in [-0.2, -0.15) is 0 Å². The van der Waals surface area contributed by atoms with Crippen molar-refractivity contribution in [2.24, 2.45) is 17.8 Å². The van der Waals surface area contributed by atoms with E-state index in [1.165, 1.54) is 16.8 Å². The van der Waals surface area contributed by atoms with Gasteiger partial charge in [0.1, 0.15) is 0 Å². The first-order valence-electron chi connectivity index (χ1n) is 12.7. The van der Waals surface area contributed by atoms with Crippen molar-refractivity contribution in [3.05, 3.63) is 90.5 Å². The minimum absolute atomic E-state index is 0.0643. The van der Waals surface area contributed by atoms with Gasteiger partial charge in [-0.3, -0.25) is 0 Å². The minimum atomic E-state index is -3.50. The van der Waals surface area contributed by atoms with E-state index in [-0.39, 0.29) is 50.0 Å². The van der Waals surface area contributed by atoms with E-state index in [0.29, 0.717) is 11.3 Å². The molecule has 0 heterocycles. The summed E-state index contributed by atoms with van der Waals surface area (Å²) in [7, 11) is -4.22.